The van der Waals surface area contributed by atoms with Gasteiger partial charge in [-0.05, 0) is 30.6 Å². The molecule has 0 aromatic heterocycles. The van der Waals surface area contributed by atoms with Crippen molar-refractivity contribution >= 4 is 0 Å². The quantitative estimate of drug-likeness (QED) is 0.445. The van der Waals surface area contributed by atoms with E-state index >= 15 is 0 Å². The lowest BCUT2D eigenvalue weighted by atomic mass is 9.96. The normalized spacial score (nSPS) is 44.1. The zero-order valence-electron chi connectivity index (χ0n) is 5.22. The molecule has 8 heavy (non-hydrogen) atoms. The molecule has 2 rings (SSSR count). The average Bonchev–Trinajstić information content (AvgIpc) is 2.23. The molecule has 0 heteroatoms. The minimum atomic E-state index is 0.921. The second-order valence-corrected chi connectivity index (χ2v) is 3.07. The van der Waals surface area contributed by atoms with Gasteiger partial charge in [-0.3, -0.25) is 0 Å². The van der Waals surface area contributed by atoms with E-state index < -0.39 is 0 Å². The maximum atomic E-state index is 2.36. The fourth-order valence-corrected chi connectivity index (χ4v) is 1.81. The fourth-order valence-electron chi connectivity index (χ4n) is 1.81. The van der Waals surface area contributed by atoms with Crippen LogP contribution in [0, 0.1) is 17.8 Å². The van der Waals surface area contributed by atoms with Gasteiger partial charge in [0.1, 0.15) is 0 Å². The molecule has 0 heterocycles. The van der Waals surface area contributed by atoms with Crippen LogP contribution in [0.2, 0.25) is 0 Å². The average molecular weight is 107 g/mol. The lowest BCUT2D eigenvalue weighted by Crippen LogP contribution is -1.99. The Labute approximate surface area is 50.6 Å². The lowest BCUT2D eigenvalue weighted by molar-refractivity contribution is 0.501. The Morgan fingerprint density at radius 3 is 2.62 bits per heavy atom. The summed E-state index contributed by atoms with van der Waals surface area (Å²) in [5.41, 5.74) is 0. The van der Waals surface area contributed by atoms with Crippen molar-refractivity contribution in [2.45, 2.75) is 19.8 Å². The lowest BCUT2D eigenvalue weighted by Gasteiger charge is -2.09. The summed E-state index contributed by atoms with van der Waals surface area (Å²) in [7, 11) is 0. The Morgan fingerprint density at radius 2 is 2.38 bits per heavy atom. The van der Waals surface area contributed by atoms with Crippen molar-refractivity contribution in [1.29, 1.82) is 0 Å². The molecule has 2 unspecified atom stereocenters. The highest BCUT2D eigenvalue weighted by Crippen LogP contribution is 2.44. The van der Waals surface area contributed by atoms with E-state index in [2.05, 4.69) is 19.1 Å². The first-order valence-corrected chi connectivity index (χ1v) is 3.39. The van der Waals surface area contributed by atoms with E-state index in [9.17, 15) is 0 Å². The molecule has 2 aliphatic carbocycles. The summed E-state index contributed by atoms with van der Waals surface area (Å²) in [4.78, 5) is 0. The van der Waals surface area contributed by atoms with Crippen LogP contribution < -0.4 is 0 Å². The highest BCUT2D eigenvalue weighted by molar-refractivity contribution is 5.25. The summed E-state index contributed by atoms with van der Waals surface area (Å²) in [5, 5.41) is 0. The molecule has 0 nitrogen and oxygen atoms in total. The SMILES string of the molecule is CC1C[C]2C=CC1C2. The van der Waals surface area contributed by atoms with Crippen molar-refractivity contribution in [1.82, 2.24) is 0 Å². The summed E-state index contributed by atoms with van der Waals surface area (Å²) < 4.78 is 0. The monoisotopic (exact) mass is 107 g/mol. The first kappa shape index (κ1) is 4.60. The van der Waals surface area contributed by atoms with Crippen LogP contribution in [-0.4, -0.2) is 0 Å². The van der Waals surface area contributed by atoms with Crippen LogP contribution >= 0.6 is 0 Å². The third-order valence-electron chi connectivity index (χ3n) is 2.39. The van der Waals surface area contributed by atoms with Gasteiger partial charge in [-0.1, -0.05) is 19.1 Å². The standard InChI is InChI=1S/C8H11/c1-6-4-7-2-3-8(6)5-7/h2-3,6,8H,4-5H2,1H3. The number of hydrogen-bond acceptors (Lipinski definition) is 0. The van der Waals surface area contributed by atoms with Crippen molar-refractivity contribution in [2.75, 3.05) is 0 Å². The smallest absolute Gasteiger partial charge is 0.00185 e. The highest BCUT2D eigenvalue weighted by Gasteiger charge is 2.32. The van der Waals surface area contributed by atoms with Crippen molar-refractivity contribution in [3.8, 4) is 0 Å². The van der Waals surface area contributed by atoms with Crippen molar-refractivity contribution in [2.24, 2.45) is 11.8 Å². The second-order valence-electron chi connectivity index (χ2n) is 3.07. The van der Waals surface area contributed by atoms with Crippen LogP contribution in [0.3, 0.4) is 0 Å². The number of fused-ring (bicyclic) bond motifs is 2. The molecule has 2 atom stereocenters. The number of allylic oxidation sites excluding steroid dienone is 2. The van der Waals surface area contributed by atoms with Crippen LogP contribution in [0.4, 0.5) is 0 Å². The molecule has 0 aromatic rings. The predicted molar refractivity (Wildman–Crippen MR) is 34.3 cm³/mol. The number of rotatable bonds is 0. The van der Waals surface area contributed by atoms with Gasteiger partial charge in [0.2, 0.25) is 0 Å². The molecule has 0 aromatic carbocycles. The first-order chi connectivity index (χ1) is 3.86. The molecule has 1 saturated carbocycles. The third kappa shape index (κ3) is 0.460. The van der Waals surface area contributed by atoms with Gasteiger partial charge in [-0.15, -0.1) is 0 Å². The molecular weight excluding hydrogens is 96.1 g/mol. The second kappa shape index (κ2) is 1.37. The molecule has 1 fully saturated rings. The van der Waals surface area contributed by atoms with Gasteiger partial charge >= 0.3 is 0 Å². The molecule has 0 spiro atoms. The number of hydrogen-bond donors (Lipinski definition) is 0. The van der Waals surface area contributed by atoms with Crippen LogP contribution in [-0.2, 0) is 0 Å². The molecule has 0 saturated heterocycles. The van der Waals surface area contributed by atoms with Gasteiger partial charge in [-0.2, -0.15) is 0 Å². The van der Waals surface area contributed by atoms with Crippen LogP contribution in [0.15, 0.2) is 12.2 Å². The Kier molecular flexibility index (Phi) is 0.787. The van der Waals surface area contributed by atoms with Gasteiger partial charge in [0, 0.05) is 0 Å². The van der Waals surface area contributed by atoms with E-state index in [0.717, 1.165) is 11.8 Å². The summed E-state index contributed by atoms with van der Waals surface area (Å²) in [6, 6.07) is 0. The van der Waals surface area contributed by atoms with E-state index in [-0.39, 0.29) is 0 Å². The summed E-state index contributed by atoms with van der Waals surface area (Å²) in [5.74, 6) is 3.56. The minimum Gasteiger partial charge on any atom is -0.0845 e. The largest absolute Gasteiger partial charge is 0.0845 e. The minimum absolute atomic E-state index is 0.921. The van der Waals surface area contributed by atoms with Crippen LogP contribution in [0.25, 0.3) is 0 Å². The van der Waals surface area contributed by atoms with E-state index in [1.54, 1.807) is 5.92 Å². The van der Waals surface area contributed by atoms with Gasteiger partial charge in [0.25, 0.3) is 0 Å². The van der Waals surface area contributed by atoms with Gasteiger partial charge in [0.15, 0.2) is 0 Å². The van der Waals surface area contributed by atoms with E-state index in [4.69, 9.17) is 0 Å². The summed E-state index contributed by atoms with van der Waals surface area (Å²) in [6.45, 7) is 2.35. The zero-order chi connectivity index (χ0) is 5.56. The molecule has 43 valence electrons. The first-order valence-electron chi connectivity index (χ1n) is 3.39. The molecule has 0 amide bonds. The van der Waals surface area contributed by atoms with Crippen molar-refractivity contribution in [3.05, 3.63) is 18.1 Å². The van der Waals surface area contributed by atoms with E-state index in [0.29, 0.717) is 0 Å². The Hall–Kier alpha value is -0.260. The van der Waals surface area contributed by atoms with Crippen LogP contribution in [0.1, 0.15) is 19.8 Å². The summed E-state index contributed by atoms with van der Waals surface area (Å²) in [6.07, 6.45) is 7.43. The molecule has 0 aliphatic heterocycles. The van der Waals surface area contributed by atoms with Gasteiger partial charge < -0.3 is 0 Å². The Balaban J connectivity index is 2.23. The highest BCUT2D eigenvalue weighted by atomic mass is 14.4. The Morgan fingerprint density at radius 1 is 1.50 bits per heavy atom. The fraction of sp³-hybridized carbons (Fsp3) is 0.625. The van der Waals surface area contributed by atoms with Crippen molar-refractivity contribution in [3.63, 3.8) is 0 Å². The maximum absolute atomic E-state index is 2.36. The maximum Gasteiger partial charge on any atom is -0.00185 e. The van der Waals surface area contributed by atoms with E-state index in [1.807, 2.05) is 0 Å². The molecule has 0 N–H and O–H groups in total. The van der Waals surface area contributed by atoms with Gasteiger partial charge in [0.05, 0.1) is 0 Å². The van der Waals surface area contributed by atoms with Crippen LogP contribution in [0.5, 0.6) is 0 Å². The Bertz CT molecular complexity index is 124. The third-order valence-corrected chi connectivity index (χ3v) is 2.39. The topological polar surface area (TPSA) is 0 Å². The molecular formula is C8H11. The van der Waals surface area contributed by atoms with Crippen molar-refractivity contribution < 1.29 is 0 Å². The van der Waals surface area contributed by atoms with E-state index in [1.165, 1.54) is 12.8 Å². The molecule has 2 bridgehead atoms. The summed E-state index contributed by atoms with van der Waals surface area (Å²) >= 11 is 0. The zero-order valence-corrected chi connectivity index (χ0v) is 5.22. The predicted octanol–water partition coefficient (Wildman–Crippen LogP) is 2.18. The van der Waals surface area contributed by atoms with Gasteiger partial charge in [-0.25, -0.2) is 0 Å². The molecule has 1 radical (unpaired) electrons. The molecule has 2 aliphatic rings.